The lowest BCUT2D eigenvalue weighted by atomic mass is 9.86. The topological polar surface area (TPSA) is 26.3 Å². The van der Waals surface area contributed by atoms with Crippen LogP contribution >= 0.6 is 0 Å². The second kappa shape index (κ2) is 4.63. The van der Waals surface area contributed by atoms with Crippen LogP contribution in [-0.2, 0) is 9.53 Å². The Morgan fingerprint density at radius 2 is 2.21 bits per heavy atom. The molecular formula is C12H20O2. The molecule has 1 rings (SSSR count). The predicted molar refractivity (Wildman–Crippen MR) is 56.9 cm³/mol. The monoisotopic (exact) mass is 196 g/mol. The zero-order valence-corrected chi connectivity index (χ0v) is 9.21. The first-order valence-corrected chi connectivity index (χ1v) is 5.44. The molecule has 2 unspecified atom stereocenters. The number of hydrogen-bond acceptors (Lipinski definition) is 2. The van der Waals surface area contributed by atoms with Crippen molar-refractivity contribution in [3.63, 3.8) is 0 Å². The maximum atomic E-state index is 11.2. The van der Waals surface area contributed by atoms with Crippen LogP contribution < -0.4 is 0 Å². The number of esters is 1. The third-order valence-corrected chi connectivity index (χ3v) is 3.35. The first-order valence-electron chi connectivity index (χ1n) is 5.44. The fraction of sp³-hybridized carbons (Fsp3) is 0.750. The highest BCUT2D eigenvalue weighted by molar-refractivity contribution is 5.81. The van der Waals surface area contributed by atoms with Gasteiger partial charge in [0.25, 0.3) is 0 Å². The molecule has 0 bridgehead atoms. The van der Waals surface area contributed by atoms with Gasteiger partial charge in [0.1, 0.15) is 5.60 Å². The van der Waals surface area contributed by atoms with Gasteiger partial charge in [-0.3, -0.25) is 0 Å². The van der Waals surface area contributed by atoms with Crippen molar-refractivity contribution >= 4 is 5.97 Å². The van der Waals surface area contributed by atoms with Crippen LogP contribution in [0.1, 0.15) is 46.0 Å². The Morgan fingerprint density at radius 1 is 1.50 bits per heavy atom. The highest BCUT2D eigenvalue weighted by Gasteiger charge is 2.35. The molecule has 0 N–H and O–H groups in total. The van der Waals surface area contributed by atoms with E-state index in [9.17, 15) is 4.79 Å². The summed E-state index contributed by atoms with van der Waals surface area (Å²) in [6.45, 7) is 7.65. The van der Waals surface area contributed by atoms with E-state index in [2.05, 4.69) is 13.5 Å². The molecule has 0 aliphatic heterocycles. The maximum Gasteiger partial charge on any atom is 0.330 e. The summed E-state index contributed by atoms with van der Waals surface area (Å²) >= 11 is 0. The summed E-state index contributed by atoms with van der Waals surface area (Å²) < 4.78 is 5.46. The molecule has 0 aromatic carbocycles. The summed E-state index contributed by atoms with van der Waals surface area (Å²) in [5.74, 6) is 0.162. The standard InChI is InChI=1S/C12H20O2/c1-4-11(13)14-12(3)9-7-5-6-8-10(12)2/h4,10H,1,5-9H2,2-3H3. The van der Waals surface area contributed by atoms with Gasteiger partial charge in [0, 0.05) is 6.08 Å². The van der Waals surface area contributed by atoms with Crippen LogP contribution in [0.5, 0.6) is 0 Å². The van der Waals surface area contributed by atoms with Gasteiger partial charge in [-0.15, -0.1) is 0 Å². The van der Waals surface area contributed by atoms with Crippen molar-refractivity contribution in [2.75, 3.05) is 0 Å². The smallest absolute Gasteiger partial charge is 0.330 e. The van der Waals surface area contributed by atoms with E-state index in [0.717, 1.165) is 19.3 Å². The van der Waals surface area contributed by atoms with Crippen LogP contribution in [0.3, 0.4) is 0 Å². The van der Waals surface area contributed by atoms with Crippen LogP contribution in [0.4, 0.5) is 0 Å². The number of carbonyl (C=O) groups excluding carboxylic acids is 1. The third-order valence-electron chi connectivity index (χ3n) is 3.35. The molecule has 0 saturated heterocycles. The van der Waals surface area contributed by atoms with Gasteiger partial charge in [-0.2, -0.15) is 0 Å². The van der Waals surface area contributed by atoms with E-state index in [4.69, 9.17) is 4.74 Å². The van der Waals surface area contributed by atoms with Crippen LogP contribution in [0.2, 0.25) is 0 Å². The Hall–Kier alpha value is -0.790. The van der Waals surface area contributed by atoms with Crippen molar-refractivity contribution < 1.29 is 9.53 Å². The van der Waals surface area contributed by atoms with Crippen LogP contribution in [0.15, 0.2) is 12.7 Å². The van der Waals surface area contributed by atoms with E-state index < -0.39 is 0 Å². The normalized spacial score (nSPS) is 33.1. The summed E-state index contributed by atoms with van der Waals surface area (Å²) in [7, 11) is 0. The molecule has 2 atom stereocenters. The summed E-state index contributed by atoms with van der Waals surface area (Å²) in [4.78, 5) is 11.2. The minimum Gasteiger partial charge on any atom is -0.456 e. The summed E-state index contributed by atoms with van der Waals surface area (Å²) in [6, 6.07) is 0. The second-order valence-electron chi connectivity index (χ2n) is 4.44. The van der Waals surface area contributed by atoms with Gasteiger partial charge in [0.15, 0.2) is 0 Å². The lowest BCUT2D eigenvalue weighted by molar-refractivity contribution is -0.157. The zero-order valence-electron chi connectivity index (χ0n) is 9.21. The van der Waals surface area contributed by atoms with Crippen molar-refractivity contribution in [2.24, 2.45) is 5.92 Å². The van der Waals surface area contributed by atoms with Crippen molar-refractivity contribution in [1.82, 2.24) is 0 Å². The van der Waals surface area contributed by atoms with Gasteiger partial charge in [-0.25, -0.2) is 4.79 Å². The zero-order chi connectivity index (χ0) is 10.6. The lowest BCUT2D eigenvalue weighted by Crippen LogP contribution is -2.37. The first kappa shape index (κ1) is 11.3. The highest BCUT2D eigenvalue weighted by Crippen LogP contribution is 2.35. The first-order chi connectivity index (χ1) is 6.58. The van der Waals surface area contributed by atoms with E-state index in [1.54, 1.807) is 0 Å². The van der Waals surface area contributed by atoms with Crippen LogP contribution in [-0.4, -0.2) is 11.6 Å². The van der Waals surface area contributed by atoms with Crippen molar-refractivity contribution in [2.45, 2.75) is 51.6 Å². The molecule has 0 aromatic rings. The number of ether oxygens (including phenoxy) is 1. The number of rotatable bonds is 2. The Labute approximate surface area is 86.3 Å². The molecule has 0 amide bonds. The maximum absolute atomic E-state index is 11.2. The average molecular weight is 196 g/mol. The van der Waals surface area contributed by atoms with Gasteiger partial charge in [0.2, 0.25) is 0 Å². The van der Waals surface area contributed by atoms with E-state index >= 15 is 0 Å². The molecule has 2 heteroatoms. The SMILES string of the molecule is C=CC(=O)OC1(C)CCCCCC1C. The summed E-state index contributed by atoms with van der Waals surface area (Å²) in [5.41, 5.74) is -0.276. The molecule has 80 valence electrons. The molecule has 1 fully saturated rings. The molecule has 2 nitrogen and oxygen atoms in total. The third kappa shape index (κ3) is 2.60. The summed E-state index contributed by atoms with van der Waals surface area (Å²) in [6.07, 6.45) is 7.05. The molecule has 14 heavy (non-hydrogen) atoms. The van der Waals surface area contributed by atoms with Gasteiger partial charge in [0.05, 0.1) is 0 Å². The quantitative estimate of drug-likeness (QED) is 0.385. The Bertz CT molecular complexity index is 222. The molecule has 0 spiro atoms. The molecule has 1 aliphatic carbocycles. The second-order valence-corrected chi connectivity index (χ2v) is 4.44. The number of carbonyl (C=O) groups is 1. The van der Waals surface area contributed by atoms with Gasteiger partial charge in [-0.05, 0) is 32.1 Å². The van der Waals surface area contributed by atoms with Gasteiger partial charge >= 0.3 is 5.97 Å². The Kier molecular flexibility index (Phi) is 3.73. The fourth-order valence-corrected chi connectivity index (χ4v) is 2.08. The van der Waals surface area contributed by atoms with Crippen molar-refractivity contribution in [3.05, 3.63) is 12.7 Å². The average Bonchev–Trinajstić information content (AvgIpc) is 2.30. The molecule has 0 radical (unpaired) electrons. The largest absolute Gasteiger partial charge is 0.456 e. The van der Waals surface area contributed by atoms with Gasteiger partial charge < -0.3 is 4.74 Å². The fourth-order valence-electron chi connectivity index (χ4n) is 2.08. The number of hydrogen-bond donors (Lipinski definition) is 0. The molecule has 0 heterocycles. The molecule has 1 saturated carbocycles. The molecule has 1 aliphatic rings. The predicted octanol–water partition coefficient (Wildman–Crippen LogP) is 3.07. The molecular weight excluding hydrogens is 176 g/mol. The van der Waals surface area contributed by atoms with E-state index in [1.807, 2.05) is 6.92 Å². The van der Waals surface area contributed by atoms with E-state index in [1.165, 1.54) is 18.9 Å². The Morgan fingerprint density at radius 3 is 2.86 bits per heavy atom. The Balaban J connectivity index is 2.66. The highest BCUT2D eigenvalue weighted by atomic mass is 16.6. The molecule has 0 aromatic heterocycles. The van der Waals surface area contributed by atoms with Crippen molar-refractivity contribution in [3.8, 4) is 0 Å². The van der Waals surface area contributed by atoms with E-state index in [0.29, 0.717) is 5.92 Å². The lowest BCUT2D eigenvalue weighted by Gasteiger charge is -2.33. The van der Waals surface area contributed by atoms with Crippen LogP contribution in [0.25, 0.3) is 0 Å². The minimum atomic E-state index is -0.291. The minimum absolute atomic E-state index is 0.276. The van der Waals surface area contributed by atoms with Crippen LogP contribution in [0, 0.1) is 5.92 Å². The van der Waals surface area contributed by atoms with Gasteiger partial charge in [-0.1, -0.05) is 26.3 Å². The van der Waals surface area contributed by atoms with Crippen molar-refractivity contribution in [1.29, 1.82) is 0 Å². The summed E-state index contributed by atoms with van der Waals surface area (Å²) in [5, 5.41) is 0. The van der Waals surface area contributed by atoms with E-state index in [-0.39, 0.29) is 11.6 Å².